The summed E-state index contributed by atoms with van der Waals surface area (Å²) >= 11 is 7.07. The fraction of sp³-hybridized carbons (Fsp3) is 0.0667. The number of halogens is 1. The molecule has 0 unspecified atom stereocenters. The van der Waals surface area contributed by atoms with Gasteiger partial charge in [0.2, 0.25) is 0 Å². The van der Waals surface area contributed by atoms with Crippen molar-refractivity contribution in [2.24, 2.45) is 0 Å². The second-order valence-electron chi connectivity index (χ2n) is 5.24. The summed E-state index contributed by atoms with van der Waals surface area (Å²) in [5.41, 5.74) is -0.700. The Bertz CT molecular complexity index is 1050. The van der Waals surface area contributed by atoms with Crippen molar-refractivity contribution in [3.05, 3.63) is 66.7 Å². The number of nitrogens with one attached hydrogen (secondary N) is 1. The molecule has 0 aliphatic heterocycles. The lowest BCUT2D eigenvalue weighted by atomic mass is 10.1. The summed E-state index contributed by atoms with van der Waals surface area (Å²) in [6.07, 6.45) is 0. The van der Waals surface area contributed by atoms with E-state index >= 15 is 0 Å². The number of hydrogen-bond acceptors (Lipinski definition) is 7. The molecular formula is C15H9ClN4O5S. The van der Waals surface area contributed by atoms with Crippen LogP contribution in [0.3, 0.4) is 0 Å². The number of thiazole rings is 1. The van der Waals surface area contributed by atoms with Gasteiger partial charge in [0.1, 0.15) is 5.56 Å². The van der Waals surface area contributed by atoms with Gasteiger partial charge in [0.25, 0.3) is 17.3 Å². The predicted molar refractivity (Wildman–Crippen MR) is 97.1 cm³/mol. The highest BCUT2D eigenvalue weighted by Gasteiger charge is 2.25. The van der Waals surface area contributed by atoms with Crippen molar-refractivity contribution in [3.63, 3.8) is 0 Å². The molecule has 9 nitrogen and oxygen atoms in total. The van der Waals surface area contributed by atoms with Gasteiger partial charge in [0, 0.05) is 17.2 Å². The van der Waals surface area contributed by atoms with Crippen molar-refractivity contribution in [2.75, 3.05) is 5.32 Å². The largest absolute Gasteiger partial charge is 0.298 e. The van der Waals surface area contributed by atoms with Crippen LogP contribution in [0.1, 0.15) is 15.9 Å². The predicted octanol–water partition coefficient (Wildman–Crippen LogP) is 4.33. The van der Waals surface area contributed by atoms with E-state index in [1.54, 1.807) is 18.2 Å². The van der Waals surface area contributed by atoms with Crippen LogP contribution in [0, 0.1) is 27.2 Å². The number of fused-ring (bicyclic) bond motifs is 1. The number of nitro groups is 2. The molecule has 26 heavy (non-hydrogen) atoms. The number of rotatable bonds is 4. The maximum absolute atomic E-state index is 12.4. The first kappa shape index (κ1) is 17.7. The summed E-state index contributed by atoms with van der Waals surface area (Å²) in [7, 11) is 0. The minimum Gasteiger partial charge on any atom is -0.298 e. The molecule has 0 aliphatic carbocycles. The van der Waals surface area contributed by atoms with Gasteiger partial charge in [-0.2, -0.15) is 0 Å². The van der Waals surface area contributed by atoms with E-state index in [0.29, 0.717) is 10.5 Å². The molecule has 0 saturated carbocycles. The number of amides is 1. The molecule has 2 aromatic carbocycles. The molecule has 0 saturated heterocycles. The van der Waals surface area contributed by atoms with Gasteiger partial charge in [0.05, 0.1) is 25.6 Å². The average molecular weight is 393 g/mol. The molecule has 1 N–H and O–H groups in total. The summed E-state index contributed by atoms with van der Waals surface area (Å²) in [4.78, 5) is 37.3. The van der Waals surface area contributed by atoms with E-state index in [4.69, 9.17) is 11.6 Å². The molecular weight excluding hydrogens is 384 g/mol. The number of carbonyl (C=O) groups excluding carboxylic acids is 1. The maximum Gasteiger partial charge on any atom is 0.279 e. The van der Waals surface area contributed by atoms with Gasteiger partial charge >= 0.3 is 0 Å². The molecule has 0 bridgehead atoms. The van der Waals surface area contributed by atoms with Crippen LogP contribution in [-0.2, 0) is 0 Å². The number of nitrogens with zero attached hydrogens (tertiary/aromatic N) is 3. The minimum absolute atomic E-state index is 0.119. The van der Waals surface area contributed by atoms with Crippen LogP contribution in [0.25, 0.3) is 10.2 Å². The highest BCUT2D eigenvalue weighted by Crippen LogP contribution is 2.31. The molecule has 132 valence electrons. The van der Waals surface area contributed by atoms with E-state index in [2.05, 4.69) is 10.3 Å². The number of carbonyl (C=O) groups is 1. The SMILES string of the molecule is Cc1c([N+](=O)[O-])cc(C(=O)Nc2nc3ccc(Cl)cc3s2)cc1[N+](=O)[O-]. The van der Waals surface area contributed by atoms with Gasteiger partial charge in [-0.05, 0) is 25.1 Å². The number of anilines is 1. The van der Waals surface area contributed by atoms with Crippen molar-refractivity contribution < 1.29 is 14.6 Å². The van der Waals surface area contributed by atoms with Crippen LogP contribution >= 0.6 is 22.9 Å². The summed E-state index contributed by atoms with van der Waals surface area (Å²) in [5, 5.41) is 25.5. The smallest absolute Gasteiger partial charge is 0.279 e. The lowest BCUT2D eigenvalue weighted by Gasteiger charge is -2.04. The van der Waals surface area contributed by atoms with Crippen LogP contribution in [0.15, 0.2) is 30.3 Å². The quantitative estimate of drug-likeness (QED) is 0.519. The monoisotopic (exact) mass is 392 g/mol. The standard InChI is InChI=1S/C15H9ClN4O5S/c1-7-11(19(22)23)4-8(5-12(7)20(24)25)14(21)18-15-17-10-3-2-9(16)6-13(10)26-15/h2-6H,1H3,(H,17,18,21). The first-order valence-electron chi connectivity index (χ1n) is 7.07. The van der Waals surface area contributed by atoms with Crippen molar-refractivity contribution >= 4 is 55.6 Å². The Balaban J connectivity index is 1.98. The lowest BCUT2D eigenvalue weighted by Crippen LogP contribution is -2.13. The normalized spacial score (nSPS) is 10.7. The van der Waals surface area contributed by atoms with Crippen LogP contribution in [0.5, 0.6) is 0 Å². The van der Waals surface area contributed by atoms with Crippen LogP contribution < -0.4 is 5.32 Å². The van der Waals surface area contributed by atoms with Crippen molar-refractivity contribution in [1.82, 2.24) is 4.98 Å². The highest BCUT2D eigenvalue weighted by atomic mass is 35.5. The summed E-state index contributed by atoms with van der Waals surface area (Å²) in [6, 6.07) is 7.03. The minimum atomic E-state index is -0.765. The second kappa shape index (κ2) is 6.65. The van der Waals surface area contributed by atoms with Gasteiger partial charge < -0.3 is 0 Å². The van der Waals surface area contributed by atoms with E-state index in [1.807, 2.05) is 0 Å². The molecule has 0 aliphatic rings. The number of aromatic nitrogens is 1. The third-order valence-corrected chi connectivity index (χ3v) is 4.75. The zero-order valence-electron chi connectivity index (χ0n) is 13.1. The zero-order chi connectivity index (χ0) is 19.0. The van der Waals surface area contributed by atoms with Gasteiger partial charge in [0.15, 0.2) is 5.13 Å². The molecule has 0 fully saturated rings. The molecule has 1 heterocycles. The Kier molecular flexibility index (Phi) is 4.53. The first-order valence-corrected chi connectivity index (χ1v) is 8.26. The van der Waals surface area contributed by atoms with E-state index in [0.717, 1.165) is 28.2 Å². The fourth-order valence-corrected chi connectivity index (χ4v) is 3.45. The van der Waals surface area contributed by atoms with E-state index < -0.39 is 27.1 Å². The third-order valence-electron chi connectivity index (χ3n) is 3.58. The van der Waals surface area contributed by atoms with Crippen molar-refractivity contribution in [2.45, 2.75) is 6.92 Å². The lowest BCUT2D eigenvalue weighted by molar-refractivity contribution is -0.395. The highest BCUT2D eigenvalue weighted by molar-refractivity contribution is 7.22. The summed E-state index contributed by atoms with van der Waals surface area (Å²) in [6.45, 7) is 1.26. The van der Waals surface area contributed by atoms with Crippen LogP contribution in [-0.4, -0.2) is 20.7 Å². The Hall–Kier alpha value is -3.11. The molecule has 0 spiro atoms. The maximum atomic E-state index is 12.4. The van der Waals surface area contributed by atoms with Crippen molar-refractivity contribution in [3.8, 4) is 0 Å². The summed E-state index contributed by atoms with van der Waals surface area (Å²) < 4.78 is 0.744. The number of nitro benzene ring substituents is 2. The van der Waals surface area contributed by atoms with E-state index in [9.17, 15) is 25.0 Å². The molecule has 0 radical (unpaired) electrons. The topological polar surface area (TPSA) is 128 Å². The Morgan fingerprint density at radius 3 is 2.35 bits per heavy atom. The first-order chi connectivity index (χ1) is 12.3. The average Bonchev–Trinajstić information content (AvgIpc) is 2.95. The van der Waals surface area contributed by atoms with Crippen LogP contribution in [0.2, 0.25) is 5.02 Å². The third kappa shape index (κ3) is 3.32. The van der Waals surface area contributed by atoms with E-state index in [-0.39, 0.29) is 16.3 Å². The van der Waals surface area contributed by atoms with Crippen LogP contribution in [0.4, 0.5) is 16.5 Å². The number of hydrogen-bond donors (Lipinski definition) is 1. The molecule has 3 aromatic rings. The van der Waals surface area contributed by atoms with Gasteiger partial charge in [-0.1, -0.05) is 22.9 Å². The second-order valence-corrected chi connectivity index (χ2v) is 6.71. The Morgan fingerprint density at radius 2 is 1.77 bits per heavy atom. The molecule has 11 heteroatoms. The Morgan fingerprint density at radius 1 is 1.15 bits per heavy atom. The fourth-order valence-electron chi connectivity index (χ4n) is 2.32. The molecule has 0 atom stereocenters. The Labute approximate surface area is 154 Å². The number of benzene rings is 2. The van der Waals surface area contributed by atoms with E-state index in [1.165, 1.54) is 6.92 Å². The zero-order valence-corrected chi connectivity index (χ0v) is 14.6. The van der Waals surface area contributed by atoms with Gasteiger partial charge in [-0.25, -0.2) is 4.98 Å². The van der Waals surface area contributed by atoms with Gasteiger partial charge in [-0.15, -0.1) is 0 Å². The van der Waals surface area contributed by atoms with Gasteiger partial charge in [-0.3, -0.25) is 30.3 Å². The van der Waals surface area contributed by atoms with Crippen molar-refractivity contribution in [1.29, 1.82) is 0 Å². The molecule has 1 amide bonds. The molecule has 1 aromatic heterocycles. The summed E-state index contributed by atoms with van der Waals surface area (Å²) in [5.74, 6) is -0.735. The molecule has 3 rings (SSSR count).